The van der Waals surface area contributed by atoms with Gasteiger partial charge < -0.3 is 15.0 Å². The van der Waals surface area contributed by atoms with Crippen molar-refractivity contribution < 1.29 is 9.53 Å². The molecule has 3 heterocycles. The molecule has 6 nitrogen and oxygen atoms in total. The lowest BCUT2D eigenvalue weighted by atomic mass is 9.82. The summed E-state index contributed by atoms with van der Waals surface area (Å²) in [5.74, 6) is 1.85. The Labute approximate surface area is 131 Å². The van der Waals surface area contributed by atoms with Crippen molar-refractivity contribution in [3.8, 4) is 0 Å². The first kappa shape index (κ1) is 15.2. The van der Waals surface area contributed by atoms with Gasteiger partial charge in [-0.05, 0) is 38.7 Å². The lowest BCUT2D eigenvalue weighted by Crippen LogP contribution is -2.53. The minimum Gasteiger partial charge on any atom is -0.375 e. The van der Waals surface area contributed by atoms with E-state index < -0.39 is 0 Å². The van der Waals surface area contributed by atoms with Gasteiger partial charge in [0.05, 0.1) is 5.60 Å². The van der Waals surface area contributed by atoms with E-state index in [4.69, 9.17) is 4.74 Å². The normalized spacial score (nSPS) is 24.3. The van der Waals surface area contributed by atoms with Crippen LogP contribution in [0.5, 0.6) is 0 Å². The van der Waals surface area contributed by atoms with Crippen molar-refractivity contribution in [3.05, 3.63) is 18.1 Å². The second kappa shape index (κ2) is 6.20. The number of carbonyl (C=O) groups is 1. The summed E-state index contributed by atoms with van der Waals surface area (Å²) in [5, 5.41) is 3.05. The van der Waals surface area contributed by atoms with Crippen LogP contribution in [-0.4, -0.2) is 47.2 Å². The SMILES string of the molecule is CC(=O)N[C@@H]1CCOC2(CCN(c3ccnc(C)n3)CC2)C1. The van der Waals surface area contributed by atoms with E-state index in [1.807, 2.05) is 19.2 Å². The molecule has 1 aromatic rings. The van der Waals surface area contributed by atoms with Crippen molar-refractivity contribution in [2.45, 2.75) is 51.2 Å². The zero-order valence-electron chi connectivity index (χ0n) is 13.3. The van der Waals surface area contributed by atoms with Crippen LogP contribution in [0.3, 0.4) is 0 Å². The minimum atomic E-state index is -0.0794. The smallest absolute Gasteiger partial charge is 0.217 e. The van der Waals surface area contributed by atoms with E-state index in [9.17, 15) is 4.79 Å². The molecule has 1 N–H and O–H groups in total. The number of aryl methyl sites for hydroxylation is 1. The number of amides is 1. The highest BCUT2D eigenvalue weighted by molar-refractivity contribution is 5.73. The molecule has 2 aliphatic rings. The number of aromatic nitrogens is 2. The summed E-state index contributed by atoms with van der Waals surface area (Å²) < 4.78 is 6.12. The molecule has 6 heteroatoms. The average Bonchev–Trinajstić information content (AvgIpc) is 2.47. The molecule has 0 unspecified atom stereocenters. The number of ether oxygens (including phenoxy) is 1. The summed E-state index contributed by atoms with van der Waals surface area (Å²) >= 11 is 0. The number of nitrogens with one attached hydrogen (secondary N) is 1. The van der Waals surface area contributed by atoms with E-state index in [-0.39, 0.29) is 17.6 Å². The fourth-order valence-corrected chi connectivity index (χ4v) is 3.55. The third-order valence-electron chi connectivity index (χ3n) is 4.66. The molecule has 0 aliphatic carbocycles. The summed E-state index contributed by atoms with van der Waals surface area (Å²) in [5.41, 5.74) is -0.0794. The lowest BCUT2D eigenvalue weighted by Gasteiger charge is -2.46. The van der Waals surface area contributed by atoms with Crippen LogP contribution in [0.25, 0.3) is 0 Å². The Balaban J connectivity index is 1.62. The third kappa shape index (κ3) is 3.38. The molecular formula is C16H24N4O2. The standard InChI is InChI=1S/C16H24N4O2/c1-12-17-7-3-15(18-12)20-8-5-16(6-9-20)11-14(4-10-22-16)19-13(2)21/h3,7,14H,4-6,8-11H2,1-2H3,(H,19,21)/t14-/m1/s1. The van der Waals surface area contributed by atoms with Crippen LogP contribution in [-0.2, 0) is 9.53 Å². The van der Waals surface area contributed by atoms with Gasteiger partial charge in [0.2, 0.25) is 5.91 Å². The summed E-state index contributed by atoms with van der Waals surface area (Å²) in [4.78, 5) is 22.2. The van der Waals surface area contributed by atoms with Crippen LogP contribution in [0.1, 0.15) is 38.4 Å². The Morgan fingerprint density at radius 2 is 2.23 bits per heavy atom. The molecule has 2 fully saturated rings. The highest BCUT2D eigenvalue weighted by Gasteiger charge is 2.40. The predicted molar refractivity (Wildman–Crippen MR) is 83.7 cm³/mol. The molecule has 1 amide bonds. The zero-order chi connectivity index (χ0) is 15.6. The average molecular weight is 304 g/mol. The predicted octanol–water partition coefficient (Wildman–Crippen LogP) is 1.44. The molecule has 3 rings (SSSR count). The number of anilines is 1. The van der Waals surface area contributed by atoms with E-state index in [1.165, 1.54) is 0 Å². The molecular weight excluding hydrogens is 280 g/mol. The molecule has 0 radical (unpaired) electrons. The Morgan fingerprint density at radius 1 is 1.45 bits per heavy atom. The van der Waals surface area contributed by atoms with E-state index >= 15 is 0 Å². The van der Waals surface area contributed by atoms with Crippen molar-refractivity contribution in [3.63, 3.8) is 0 Å². The third-order valence-corrected chi connectivity index (χ3v) is 4.66. The first-order chi connectivity index (χ1) is 10.6. The van der Waals surface area contributed by atoms with Gasteiger partial charge in [-0.25, -0.2) is 9.97 Å². The number of rotatable bonds is 2. The van der Waals surface area contributed by atoms with Crippen LogP contribution in [0.4, 0.5) is 5.82 Å². The molecule has 2 aliphatic heterocycles. The van der Waals surface area contributed by atoms with Gasteiger partial charge in [0.15, 0.2) is 0 Å². The van der Waals surface area contributed by atoms with Crippen LogP contribution in [0.2, 0.25) is 0 Å². The number of carbonyl (C=O) groups excluding carboxylic acids is 1. The Bertz CT molecular complexity index is 541. The van der Waals surface area contributed by atoms with Gasteiger partial charge in [0.25, 0.3) is 0 Å². The van der Waals surface area contributed by atoms with Gasteiger partial charge in [-0.1, -0.05) is 0 Å². The van der Waals surface area contributed by atoms with Gasteiger partial charge in [-0.3, -0.25) is 4.79 Å². The maximum Gasteiger partial charge on any atom is 0.217 e. The van der Waals surface area contributed by atoms with Crippen LogP contribution < -0.4 is 10.2 Å². The number of hydrogen-bond donors (Lipinski definition) is 1. The largest absolute Gasteiger partial charge is 0.375 e. The first-order valence-electron chi connectivity index (χ1n) is 8.02. The minimum absolute atomic E-state index is 0.0518. The molecule has 2 saturated heterocycles. The Hall–Kier alpha value is -1.69. The molecule has 1 atom stereocenters. The second-order valence-corrected chi connectivity index (χ2v) is 6.37. The van der Waals surface area contributed by atoms with Crippen LogP contribution in [0.15, 0.2) is 12.3 Å². The highest BCUT2D eigenvalue weighted by atomic mass is 16.5. The van der Waals surface area contributed by atoms with E-state index in [2.05, 4.69) is 20.2 Å². The molecule has 1 spiro atoms. The fraction of sp³-hybridized carbons (Fsp3) is 0.688. The van der Waals surface area contributed by atoms with Gasteiger partial charge in [0.1, 0.15) is 11.6 Å². The van der Waals surface area contributed by atoms with Crippen LogP contribution >= 0.6 is 0 Å². The molecule has 120 valence electrons. The monoisotopic (exact) mass is 304 g/mol. The summed E-state index contributed by atoms with van der Waals surface area (Å²) in [6.45, 7) is 6.10. The van der Waals surface area contributed by atoms with Crippen molar-refractivity contribution in [1.82, 2.24) is 15.3 Å². The first-order valence-corrected chi connectivity index (χ1v) is 8.02. The topological polar surface area (TPSA) is 67.3 Å². The summed E-state index contributed by atoms with van der Waals surface area (Å²) in [6.07, 6.45) is 5.60. The van der Waals surface area contributed by atoms with E-state index in [1.54, 1.807) is 6.92 Å². The Morgan fingerprint density at radius 3 is 2.91 bits per heavy atom. The van der Waals surface area contributed by atoms with Gasteiger partial charge >= 0.3 is 0 Å². The number of piperidine rings is 1. The van der Waals surface area contributed by atoms with Crippen molar-refractivity contribution in [2.75, 3.05) is 24.6 Å². The second-order valence-electron chi connectivity index (χ2n) is 6.37. The molecule has 0 aromatic carbocycles. The lowest BCUT2D eigenvalue weighted by molar-refractivity contribution is -0.125. The van der Waals surface area contributed by atoms with Gasteiger partial charge in [-0.15, -0.1) is 0 Å². The molecule has 0 bridgehead atoms. The maximum atomic E-state index is 11.3. The van der Waals surface area contributed by atoms with E-state index in [0.717, 1.165) is 57.0 Å². The van der Waals surface area contributed by atoms with Crippen molar-refractivity contribution in [2.24, 2.45) is 0 Å². The van der Waals surface area contributed by atoms with Crippen molar-refractivity contribution >= 4 is 11.7 Å². The van der Waals surface area contributed by atoms with Gasteiger partial charge in [-0.2, -0.15) is 0 Å². The molecule has 22 heavy (non-hydrogen) atoms. The number of nitrogens with zero attached hydrogens (tertiary/aromatic N) is 3. The van der Waals surface area contributed by atoms with E-state index in [0.29, 0.717) is 0 Å². The summed E-state index contributed by atoms with van der Waals surface area (Å²) in [6, 6.07) is 2.21. The Kier molecular flexibility index (Phi) is 4.29. The summed E-state index contributed by atoms with van der Waals surface area (Å²) in [7, 11) is 0. The molecule has 1 aromatic heterocycles. The fourth-order valence-electron chi connectivity index (χ4n) is 3.55. The quantitative estimate of drug-likeness (QED) is 0.895. The zero-order valence-corrected chi connectivity index (χ0v) is 13.3. The highest BCUT2D eigenvalue weighted by Crippen LogP contribution is 2.36. The molecule has 0 saturated carbocycles. The van der Waals surface area contributed by atoms with Crippen LogP contribution in [0, 0.1) is 6.92 Å². The number of hydrogen-bond acceptors (Lipinski definition) is 5. The van der Waals surface area contributed by atoms with Gasteiger partial charge in [0, 0.05) is 38.9 Å². The maximum absolute atomic E-state index is 11.3. The van der Waals surface area contributed by atoms with Crippen molar-refractivity contribution in [1.29, 1.82) is 0 Å².